The van der Waals surface area contributed by atoms with E-state index in [1.54, 1.807) is 6.92 Å². The molecular weight excluding hydrogens is 337 g/mol. The second kappa shape index (κ2) is 8.87. The van der Waals surface area contributed by atoms with Crippen LogP contribution in [0, 0.1) is 5.92 Å². The van der Waals surface area contributed by atoms with Crippen molar-refractivity contribution in [3.8, 4) is 0 Å². The van der Waals surface area contributed by atoms with E-state index >= 15 is 0 Å². The topological polar surface area (TPSA) is 58.6 Å². The van der Waals surface area contributed by atoms with Gasteiger partial charge in [0.15, 0.2) is 0 Å². The first-order valence-electron chi connectivity index (χ1n) is 8.74. The summed E-state index contributed by atoms with van der Waals surface area (Å²) in [7, 11) is 1.47. The maximum absolute atomic E-state index is 12.5. The Kier molecular flexibility index (Phi) is 7.71. The fourth-order valence-electron chi connectivity index (χ4n) is 2.61. The summed E-state index contributed by atoms with van der Waals surface area (Å²) in [5.41, 5.74) is -0.896. The van der Waals surface area contributed by atoms with Crippen molar-refractivity contribution in [2.75, 3.05) is 20.2 Å². The Hall–Kier alpha value is -1.31. The van der Waals surface area contributed by atoms with Gasteiger partial charge in [-0.1, -0.05) is 13.8 Å². The summed E-state index contributed by atoms with van der Waals surface area (Å²) in [5, 5.41) is 2.76. The number of hydrogen-bond acceptors (Lipinski definition) is 3. The Labute approximate surface area is 147 Å². The number of amides is 2. The summed E-state index contributed by atoms with van der Waals surface area (Å²) in [6.07, 6.45) is -2.77. The summed E-state index contributed by atoms with van der Waals surface area (Å²) in [6.45, 7) is 5.56. The first kappa shape index (κ1) is 21.7. The van der Waals surface area contributed by atoms with Crippen molar-refractivity contribution >= 4 is 11.8 Å². The molecule has 2 amide bonds. The van der Waals surface area contributed by atoms with Gasteiger partial charge >= 0.3 is 6.18 Å². The molecule has 0 aliphatic heterocycles. The maximum atomic E-state index is 12.5. The van der Waals surface area contributed by atoms with Crippen LogP contribution >= 0.6 is 0 Å². The van der Waals surface area contributed by atoms with Crippen LogP contribution in [-0.2, 0) is 14.3 Å². The van der Waals surface area contributed by atoms with Crippen molar-refractivity contribution < 1.29 is 27.5 Å². The van der Waals surface area contributed by atoms with Crippen molar-refractivity contribution in [1.29, 1.82) is 0 Å². The van der Waals surface area contributed by atoms with E-state index < -0.39 is 30.0 Å². The fourth-order valence-corrected chi connectivity index (χ4v) is 2.61. The molecule has 1 N–H and O–H groups in total. The van der Waals surface area contributed by atoms with E-state index in [1.165, 1.54) is 18.9 Å². The molecule has 5 nitrogen and oxygen atoms in total. The second-order valence-corrected chi connectivity index (χ2v) is 6.88. The molecule has 146 valence electrons. The van der Waals surface area contributed by atoms with Crippen molar-refractivity contribution in [3.05, 3.63) is 0 Å². The second-order valence-electron chi connectivity index (χ2n) is 6.88. The van der Waals surface area contributed by atoms with E-state index in [0.29, 0.717) is 25.9 Å². The van der Waals surface area contributed by atoms with Gasteiger partial charge in [-0.2, -0.15) is 13.2 Å². The molecule has 0 radical (unpaired) electrons. The van der Waals surface area contributed by atoms with Gasteiger partial charge in [-0.3, -0.25) is 9.59 Å². The van der Waals surface area contributed by atoms with Gasteiger partial charge in [-0.05, 0) is 32.6 Å². The molecule has 1 unspecified atom stereocenters. The molecule has 1 aliphatic rings. The SMILES string of the molecule is CCC(C)(OC)C(=O)NCCCN(C(=O)[C@H](C)CC(F)(F)F)C1CC1. The van der Waals surface area contributed by atoms with Crippen LogP contribution in [0.2, 0.25) is 0 Å². The Morgan fingerprint density at radius 1 is 1.32 bits per heavy atom. The van der Waals surface area contributed by atoms with Crippen LogP contribution in [0.1, 0.15) is 52.9 Å². The van der Waals surface area contributed by atoms with Crippen molar-refractivity contribution in [2.45, 2.75) is 70.7 Å². The van der Waals surface area contributed by atoms with E-state index in [-0.39, 0.29) is 11.9 Å². The molecule has 0 aromatic heterocycles. The zero-order chi connectivity index (χ0) is 19.3. The largest absolute Gasteiger partial charge is 0.389 e. The summed E-state index contributed by atoms with van der Waals surface area (Å²) in [6, 6.07) is 0.0405. The number of carbonyl (C=O) groups is 2. The highest BCUT2D eigenvalue weighted by Crippen LogP contribution is 2.31. The molecule has 0 aromatic rings. The molecule has 0 saturated heterocycles. The van der Waals surface area contributed by atoms with Crippen molar-refractivity contribution in [1.82, 2.24) is 10.2 Å². The molecule has 1 fully saturated rings. The summed E-state index contributed by atoms with van der Waals surface area (Å²) in [5.74, 6) is -1.76. The molecule has 1 aliphatic carbocycles. The first-order valence-corrected chi connectivity index (χ1v) is 8.74. The highest BCUT2D eigenvalue weighted by atomic mass is 19.4. The molecule has 1 rings (SSSR count). The highest BCUT2D eigenvalue weighted by Gasteiger charge is 2.39. The van der Waals surface area contributed by atoms with E-state index in [4.69, 9.17) is 4.74 Å². The molecule has 8 heteroatoms. The number of carbonyl (C=O) groups excluding carboxylic acids is 2. The van der Waals surface area contributed by atoms with Gasteiger partial charge in [-0.15, -0.1) is 0 Å². The van der Waals surface area contributed by atoms with Crippen molar-refractivity contribution in [3.63, 3.8) is 0 Å². The van der Waals surface area contributed by atoms with Crippen LogP contribution in [-0.4, -0.2) is 54.7 Å². The van der Waals surface area contributed by atoms with E-state index in [9.17, 15) is 22.8 Å². The predicted octanol–water partition coefficient (Wildman–Crippen LogP) is 2.89. The number of alkyl halides is 3. The van der Waals surface area contributed by atoms with Crippen molar-refractivity contribution in [2.24, 2.45) is 5.92 Å². The van der Waals surface area contributed by atoms with Crippen LogP contribution in [0.15, 0.2) is 0 Å². The van der Waals surface area contributed by atoms with Gasteiger partial charge in [-0.25, -0.2) is 0 Å². The standard InChI is InChI=1S/C17H29F3N2O3/c1-5-16(3,25-4)15(24)21-9-6-10-22(13-7-8-13)14(23)12(2)11-17(18,19)20/h12-13H,5-11H2,1-4H3,(H,21,24)/t12-,16?/m1/s1. The van der Waals surface area contributed by atoms with Crippen LogP contribution in [0.3, 0.4) is 0 Å². The lowest BCUT2D eigenvalue weighted by atomic mass is 10.0. The lowest BCUT2D eigenvalue weighted by molar-refractivity contribution is -0.158. The minimum Gasteiger partial charge on any atom is -0.369 e. The molecule has 0 spiro atoms. The third-order valence-corrected chi connectivity index (χ3v) is 4.70. The number of hydrogen-bond donors (Lipinski definition) is 1. The number of nitrogens with zero attached hydrogens (tertiary/aromatic N) is 1. The maximum Gasteiger partial charge on any atom is 0.389 e. The Morgan fingerprint density at radius 2 is 1.92 bits per heavy atom. The molecular formula is C17H29F3N2O3. The van der Waals surface area contributed by atoms with Gasteiger partial charge < -0.3 is 15.0 Å². The summed E-state index contributed by atoms with van der Waals surface area (Å²) in [4.78, 5) is 25.9. The molecule has 25 heavy (non-hydrogen) atoms. The van der Waals surface area contributed by atoms with E-state index in [2.05, 4.69) is 5.32 Å². The Balaban J connectivity index is 2.47. The predicted molar refractivity (Wildman–Crippen MR) is 87.9 cm³/mol. The summed E-state index contributed by atoms with van der Waals surface area (Å²) < 4.78 is 42.7. The van der Waals surface area contributed by atoms with Crippen LogP contribution in [0.4, 0.5) is 13.2 Å². The average molecular weight is 366 g/mol. The van der Waals surface area contributed by atoms with E-state index in [1.807, 2.05) is 6.92 Å². The first-order chi connectivity index (χ1) is 11.5. The molecule has 0 bridgehead atoms. The van der Waals surface area contributed by atoms with Gasteiger partial charge in [0.1, 0.15) is 5.60 Å². The number of methoxy groups -OCH3 is 1. The minimum absolute atomic E-state index is 0.0405. The number of halogens is 3. The number of nitrogens with one attached hydrogen (secondary N) is 1. The fraction of sp³-hybridized carbons (Fsp3) is 0.882. The van der Waals surface area contributed by atoms with Crippen LogP contribution in [0.5, 0.6) is 0 Å². The zero-order valence-corrected chi connectivity index (χ0v) is 15.4. The van der Waals surface area contributed by atoms with Gasteiger partial charge in [0.2, 0.25) is 5.91 Å². The number of ether oxygens (including phenoxy) is 1. The molecule has 1 saturated carbocycles. The summed E-state index contributed by atoms with van der Waals surface area (Å²) >= 11 is 0. The monoisotopic (exact) mass is 366 g/mol. The van der Waals surface area contributed by atoms with E-state index in [0.717, 1.165) is 12.8 Å². The highest BCUT2D eigenvalue weighted by molar-refractivity contribution is 5.84. The third-order valence-electron chi connectivity index (χ3n) is 4.70. The quantitative estimate of drug-likeness (QED) is 0.605. The van der Waals surface area contributed by atoms with Gasteiger partial charge in [0, 0.05) is 32.2 Å². The Morgan fingerprint density at radius 3 is 2.36 bits per heavy atom. The minimum atomic E-state index is -4.34. The van der Waals surface area contributed by atoms with Gasteiger partial charge in [0.25, 0.3) is 5.91 Å². The lowest BCUT2D eigenvalue weighted by Crippen LogP contribution is -2.46. The average Bonchev–Trinajstić information content (AvgIpc) is 3.36. The molecule has 0 heterocycles. The molecule has 2 atom stereocenters. The molecule has 0 aromatic carbocycles. The number of rotatable bonds is 10. The van der Waals surface area contributed by atoms with Crippen LogP contribution < -0.4 is 5.32 Å². The Bertz CT molecular complexity index is 461. The zero-order valence-electron chi connectivity index (χ0n) is 15.4. The van der Waals surface area contributed by atoms with Crippen LogP contribution in [0.25, 0.3) is 0 Å². The third kappa shape index (κ3) is 6.84. The normalized spacial score (nSPS) is 18.4. The van der Waals surface area contributed by atoms with Gasteiger partial charge in [0.05, 0.1) is 6.42 Å². The smallest absolute Gasteiger partial charge is 0.369 e. The lowest BCUT2D eigenvalue weighted by Gasteiger charge is -2.27.